The van der Waals surface area contributed by atoms with Crippen LogP contribution in [0.4, 0.5) is 0 Å². The van der Waals surface area contributed by atoms with Gasteiger partial charge in [0.25, 0.3) is 5.91 Å². The summed E-state index contributed by atoms with van der Waals surface area (Å²) in [7, 11) is 0. The molecule has 154 valence electrons. The third-order valence-corrected chi connectivity index (χ3v) is 6.90. The van der Waals surface area contributed by atoms with Crippen molar-refractivity contribution in [2.75, 3.05) is 24.7 Å². The molecule has 4 heterocycles. The summed E-state index contributed by atoms with van der Waals surface area (Å²) >= 11 is 1.64. The molecule has 8 heteroatoms. The van der Waals surface area contributed by atoms with Gasteiger partial charge in [0.2, 0.25) is 5.91 Å². The minimum absolute atomic E-state index is 0.0443. The first-order valence-electron chi connectivity index (χ1n) is 10.2. The van der Waals surface area contributed by atoms with Crippen LogP contribution < -0.4 is 0 Å². The minimum Gasteiger partial charge on any atom is -0.340 e. The van der Waals surface area contributed by atoms with Gasteiger partial charge in [0, 0.05) is 36.5 Å². The monoisotopic (exact) mass is 421 g/mol. The van der Waals surface area contributed by atoms with E-state index in [1.807, 2.05) is 51.9 Å². The number of rotatable bonds is 3. The van der Waals surface area contributed by atoms with E-state index in [1.54, 1.807) is 28.8 Å². The molecule has 0 aliphatic carbocycles. The van der Waals surface area contributed by atoms with Crippen LogP contribution in [-0.2, 0) is 4.79 Å². The number of nitrogens with zero attached hydrogens (tertiary/aromatic N) is 5. The van der Waals surface area contributed by atoms with E-state index >= 15 is 0 Å². The molecule has 0 spiro atoms. The van der Waals surface area contributed by atoms with Gasteiger partial charge in [-0.05, 0) is 37.1 Å². The van der Waals surface area contributed by atoms with Gasteiger partial charge in [-0.25, -0.2) is 0 Å². The van der Waals surface area contributed by atoms with Crippen LogP contribution in [0.3, 0.4) is 0 Å². The number of aromatic nitrogens is 3. The summed E-state index contributed by atoms with van der Waals surface area (Å²) in [6.45, 7) is 1.34. The quantitative estimate of drug-likeness (QED) is 0.650. The molecule has 0 N–H and O–H groups in total. The first kappa shape index (κ1) is 19.1. The van der Waals surface area contributed by atoms with Crippen molar-refractivity contribution in [3.8, 4) is 0 Å². The molecule has 5 rings (SSSR count). The number of benzene rings is 1. The first-order valence-corrected chi connectivity index (χ1v) is 11.4. The van der Waals surface area contributed by atoms with Gasteiger partial charge in [0.1, 0.15) is 11.9 Å². The van der Waals surface area contributed by atoms with Crippen molar-refractivity contribution < 1.29 is 9.59 Å². The Morgan fingerprint density at radius 3 is 2.73 bits per heavy atom. The highest BCUT2D eigenvalue weighted by molar-refractivity contribution is 7.99. The van der Waals surface area contributed by atoms with Gasteiger partial charge in [-0.3, -0.25) is 14.0 Å². The van der Waals surface area contributed by atoms with Crippen molar-refractivity contribution in [3.05, 3.63) is 66.1 Å². The Hall–Kier alpha value is -2.87. The highest BCUT2D eigenvalue weighted by Gasteiger charge is 2.39. The molecule has 2 aromatic heterocycles. The molecular weight excluding hydrogens is 398 g/mol. The molecule has 1 aromatic carbocycles. The topological polar surface area (TPSA) is 70.8 Å². The van der Waals surface area contributed by atoms with Gasteiger partial charge in [0.05, 0.1) is 5.88 Å². The lowest BCUT2D eigenvalue weighted by Gasteiger charge is -2.35. The molecule has 2 atom stereocenters. The minimum atomic E-state index is -0.406. The lowest BCUT2D eigenvalue weighted by molar-refractivity contribution is -0.136. The second kappa shape index (κ2) is 8.10. The number of likely N-dealkylation sites (tertiary alicyclic amines) is 1. The smallest absolute Gasteiger partial charge is 0.255 e. The van der Waals surface area contributed by atoms with Gasteiger partial charge in [0.15, 0.2) is 5.65 Å². The lowest BCUT2D eigenvalue weighted by atomic mass is 9.96. The average Bonchev–Trinajstić information content (AvgIpc) is 3.46. The van der Waals surface area contributed by atoms with Crippen LogP contribution in [0.15, 0.2) is 54.7 Å². The Morgan fingerprint density at radius 2 is 1.87 bits per heavy atom. The van der Waals surface area contributed by atoms with E-state index in [4.69, 9.17) is 0 Å². The van der Waals surface area contributed by atoms with E-state index in [-0.39, 0.29) is 17.7 Å². The molecule has 0 bridgehead atoms. The Balaban J connectivity index is 1.33. The zero-order valence-electron chi connectivity index (χ0n) is 16.6. The first-order chi connectivity index (χ1) is 14.7. The third-order valence-electron chi connectivity index (χ3n) is 5.89. The van der Waals surface area contributed by atoms with Gasteiger partial charge >= 0.3 is 0 Å². The fourth-order valence-corrected chi connectivity index (χ4v) is 5.48. The zero-order chi connectivity index (χ0) is 20.5. The van der Waals surface area contributed by atoms with E-state index < -0.39 is 6.04 Å². The third kappa shape index (κ3) is 3.45. The summed E-state index contributed by atoms with van der Waals surface area (Å²) in [6.07, 6.45) is 3.87. The second-order valence-electron chi connectivity index (χ2n) is 7.77. The fourth-order valence-electron chi connectivity index (χ4n) is 4.33. The Bertz CT molecular complexity index is 1070. The van der Waals surface area contributed by atoms with Gasteiger partial charge in [-0.1, -0.05) is 24.3 Å². The van der Waals surface area contributed by atoms with E-state index in [9.17, 15) is 9.59 Å². The maximum absolute atomic E-state index is 13.4. The number of thioether (sulfide) groups is 1. The number of pyridine rings is 1. The molecule has 0 saturated carbocycles. The zero-order valence-corrected chi connectivity index (χ0v) is 17.4. The Labute approximate surface area is 179 Å². The summed E-state index contributed by atoms with van der Waals surface area (Å²) < 4.78 is 2.01. The van der Waals surface area contributed by atoms with Crippen molar-refractivity contribution in [1.29, 1.82) is 0 Å². The molecule has 2 saturated heterocycles. The van der Waals surface area contributed by atoms with Crippen molar-refractivity contribution in [2.45, 2.75) is 24.8 Å². The van der Waals surface area contributed by atoms with Gasteiger partial charge < -0.3 is 9.80 Å². The normalized spacial score (nSPS) is 21.9. The van der Waals surface area contributed by atoms with Crippen molar-refractivity contribution >= 4 is 29.2 Å². The number of carbonyl (C=O) groups is 2. The maximum Gasteiger partial charge on any atom is 0.255 e. The fraction of sp³-hybridized carbons (Fsp3) is 0.364. The van der Waals surface area contributed by atoms with Gasteiger partial charge in [-0.2, -0.15) is 0 Å². The molecule has 2 amide bonds. The predicted octanol–water partition coefficient (Wildman–Crippen LogP) is 2.65. The molecule has 2 unspecified atom stereocenters. The molecule has 0 radical (unpaired) electrons. The standard InChI is InChI=1S/C22H23N5O2S/c28-21(16-7-2-1-3-8-16)27-15-30-14-18(27)22(29)25-11-6-9-17(13-25)20-24-23-19-10-4-5-12-26(19)20/h1-5,7-8,10,12,17-18H,6,9,11,13-15H2. The summed E-state index contributed by atoms with van der Waals surface area (Å²) in [4.78, 5) is 30.0. The number of fused-ring (bicyclic) bond motifs is 1. The van der Waals surface area contributed by atoms with Crippen LogP contribution in [0, 0.1) is 0 Å². The van der Waals surface area contributed by atoms with E-state index in [2.05, 4.69) is 10.2 Å². The number of carbonyl (C=O) groups excluding carboxylic acids is 2. The average molecular weight is 422 g/mol. The van der Waals surface area contributed by atoms with E-state index in [0.717, 1.165) is 30.9 Å². The van der Waals surface area contributed by atoms with Crippen LogP contribution in [0.1, 0.15) is 34.9 Å². The summed E-state index contributed by atoms with van der Waals surface area (Å²) in [6, 6.07) is 14.6. The summed E-state index contributed by atoms with van der Waals surface area (Å²) in [5.41, 5.74) is 1.45. The van der Waals surface area contributed by atoms with Crippen LogP contribution in [0.2, 0.25) is 0 Å². The number of hydrogen-bond donors (Lipinski definition) is 0. The van der Waals surface area contributed by atoms with Gasteiger partial charge in [-0.15, -0.1) is 22.0 Å². The molecule has 2 aliphatic rings. The largest absolute Gasteiger partial charge is 0.340 e. The lowest BCUT2D eigenvalue weighted by Crippen LogP contribution is -2.51. The van der Waals surface area contributed by atoms with Crippen molar-refractivity contribution in [3.63, 3.8) is 0 Å². The SMILES string of the molecule is O=C(C1CSCN1C(=O)c1ccccc1)N1CCCC(c2nnc3ccccn23)C1. The highest BCUT2D eigenvalue weighted by atomic mass is 32.2. The van der Waals surface area contributed by atoms with Crippen molar-refractivity contribution in [1.82, 2.24) is 24.4 Å². The molecule has 30 heavy (non-hydrogen) atoms. The molecular formula is C22H23N5O2S. The second-order valence-corrected chi connectivity index (χ2v) is 8.77. The van der Waals surface area contributed by atoms with Crippen LogP contribution in [0.25, 0.3) is 5.65 Å². The van der Waals surface area contributed by atoms with Crippen LogP contribution in [-0.4, -0.2) is 67.0 Å². The van der Waals surface area contributed by atoms with Crippen LogP contribution >= 0.6 is 11.8 Å². The highest BCUT2D eigenvalue weighted by Crippen LogP contribution is 2.29. The van der Waals surface area contributed by atoms with Crippen molar-refractivity contribution in [2.24, 2.45) is 0 Å². The molecule has 7 nitrogen and oxygen atoms in total. The predicted molar refractivity (Wildman–Crippen MR) is 115 cm³/mol. The number of hydrogen-bond acceptors (Lipinski definition) is 5. The summed E-state index contributed by atoms with van der Waals surface area (Å²) in [5, 5.41) is 8.66. The Kier molecular flexibility index (Phi) is 5.16. The number of amides is 2. The van der Waals surface area contributed by atoms with E-state index in [0.29, 0.717) is 23.7 Å². The molecule has 3 aromatic rings. The summed E-state index contributed by atoms with van der Waals surface area (Å²) in [5.74, 6) is 2.22. The van der Waals surface area contributed by atoms with Crippen LogP contribution in [0.5, 0.6) is 0 Å². The molecule has 2 aliphatic heterocycles. The maximum atomic E-state index is 13.4. The van der Waals surface area contributed by atoms with E-state index in [1.165, 1.54) is 0 Å². The Morgan fingerprint density at radius 1 is 1.03 bits per heavy atom. The number of piperidine rings is 1. The molecule has 2 fully saturated rings.